The van der Waals surface area contributed by atoms with Crippen LogP contribution < -0.4 is 4.74 Å². The predicted molar refractivity (Wildman–Crippen MR) is 69.0 cm³/mol. The molecule has 0 spiro atoms. The topological polar surface area (TPSA) is 61.3 Å². The van der Waals surface area contributed by atoms with Gasteiger partial charge in [0.2, 0.25) is 0 Å². The van der Waals surface area contributed by atoms with Crippen LogP contribution in [-0.4, -0.2) is 29.7 Å². The van der Waals surface area contributed by atoms with Gasteiger partial charge in [-0.05, 0) is 24.3 Å². The van der Waals surface area contributed by atoms with Crippen molar-refractivity contribution >= 4 is 5.97 Å². The van der Waals surface area contributed by atoms with Crippen molar-refractivity contribution in [3.63, 3.8) is 0 Å². The van der Waals surface area contributed by atoms with Crippen LogP contribution in [0.4, 0.5) is 0 Å². The lowest BCUT2D eigenvalue weighted by Crippen LogP contribution is -2.05. The zero-order chi connectivity index (χ0) is 13.5. The molecule has 0 aliphatic heterocycles. The summed E-state index contributed by atoms with van der Waals surface area (Å²) < 4.78 is 10.1. The lowest BCUT2D eigenvalue weighted by molar-refractivity contribution is 0.0600. The van der Waals surface area contributed by atoms with Gasteiger partial charge in [0.1, 0.15) is 5.75 Å². The molecule has 98 valence electrons. The molecule has 0 N–H and O–H groups in total. The van der Waals surface area contributed by atoms with Gasteiger partial charge in [-0.1, -0.05) is 0 Å². The van der Waals surface area contributed by atoms with Crippen molar-refractivity contribution in [1.82, 2.24) is 9.97 Å². The van der Waals surface area contributed by atoms with Crippen molar-refractivity contribution in [2.24, 2.45) is 0 Å². The van der Waals surface area contributed by atoms with E-state index in [9.17, 15) is 4.79 Å². The Morgan fingerprint density at radius 3 is 2.79 bits per heavy atom. The Hall–Kier alpha value is -2.43. The molecule has 5 nitrogen and oxygen atoms in total. The highest BCUT2D eigenvalue weighted by Gasteiger charge is 2.05. The van der Waals surface area contributed by atoms with Gasteiger partial charge in [-0.3, -0.25) is 9.97 Å². The standard InChI is InChI=1S/C14H14N2O3/c1-18-14(17)11-4-5-12(16-9-11)6-8-19-13-3-2-7-15-10-13/h2-5,7,9-10H,6,8H2,1H3. The molecule has 2 rings (SSSR count). The molecule has 0 aliphatic carbocycles. The lowest BCUT2D eigenvalue weighted by atomic mass is 10.2. The predicted octanol–water partition coefficient (Wildman–Crippen LogP) is 1.88. The first-order chi connectivity index (χ1) is 9.29. The maximum absolute atomic E-state index is 11.2. The quantitative estimate of drug-likeness (QED) is 0.766. The summed E-state index contributed by atoms with van der Waals surface area (Å²) in [5.74, 6) is 0.347. The van der Waals surface area contributed by atoms with Crippen molar-refractivity contribution in [3.8, 4) is 5.75 Å². The summed E-state index contributed by atoms with van der Waals surface area (Å²) in [5.41, 5.74) is 1.30. The number of hydrogen-bond donors (Lipinski definition) is 0. The first-order valence-corrected chi connectivity index (χ1v) is 5.85. The van der Waals surface area contributed by atoms with E-state index in [1.54, 1.807) is 24.5 Å². The van der Waals surface area contributed by atoms with Crippen LogP contribution in [0.1, 0.15) is 16.1 Å². The Morgan fingerprint density at radius 1 is 1.26 bits per heavy atom. The smallest absolute Gasteiger partial charge is 0.339 e. The van der Waals surface area contributed by atoms with E-state index in [0.29, 0.717) is 18.6 Å². The van der Waals surface area contributed by atoms with Crippen molar-refractivity contribution in [3.05, 3.63) is 54.1 Å². The second-order valence-corrected chi connectivity index (χ2v) is 3.82. The number of ether oxygens (including phenoxy) is 2. The van der Waals surface area contributed by atoms with Gasteiger partial charge in [0.15, 0.2) is 0 Å². The summed E-state index contributed by atoms with van der Waals surface area (Å²) in [7, 11) is 1.35. The molecule has 2 aromatic rings. The SMILES string of the molecule is COC(=O)c1ccc(CCOc2cccnc2)nc1. The fourth-order valence-electron chi connectivity index (χ4n) is 1.52. The van der Waals surface area contributed by atoms with Gasteiger partial charge in [0.05, 0.1) is 25.5 Å². The number of carbonyl (C=O) groups excluding carboxylic acids is 1. The van der Waals surface area contributed by atoms with E-state index in [1.165, 1.54) is 13.3 Å². The lowest BCUT2D eigenvalue weighted by Gasteiger charge is -2.05. The molecule has 5 heteroatoms. The molecule has 0 amide bonds. The summed E-state index contributed by atoms with van der Waals surface area (Å²) in [4.78, 5) is 19.4. The van der Waals surface area contributed by atoms with Crippen LogP contribution in [0.3, 0.4) is 0 Å². The Kier molecular flexibility index (Phi) is 4.44. The first-order valence-electron chi connectivity index (χ1n) is 5.85. The molecule has 0 atom stereocenters. The number of esters is 1. The second kappa shape index (κ2) is 6.49. The number of methoxy groups -OCH3 is 1. The molecule has 0 fully saturated rings. The Morgan fingerprint density at radius 2 is 2.16 bits per heavy atom. The number of carbonyl (C=O) groups is 1. The van der Waals surface area contributed by atoms with Crippen molar-refractivity contribution in [2.75, 3.05) is 13.7 Å². The molecule has 0 bridgehead atoms. The van der Waals surface area contributed by atoms with Gasteiger partial charge < -0.3 is 9.47 Å². The minimum atomic E-state index is -0.384. The highest BCUT2D eigenvalue weighted by molar-refractivity contribution is 5.88. The number of aromatic nitrogens is 2. The normalized spacial score (nSPS) is 9.95. The van der Waals surface area contributed by atoms with Crippen LogP contribution >= 0.6 is 0 Å². The van der Waals surface area contributed by atoms with E-state index in [-0.39, 0.29) is 5.97 Å². The number of nitrogens with zero attached hydrogens (tertiary/aromatic N) is 2. The fraction of sp³-hybridized carbons (Fsp3) is 0.214. The maximum atomic E-state index is 11.2. The maximum Gasteiger partial charge on any atom is 0.339 e. The zero-order valence-corrected chi connectivity index (χ0v) is 10.6. The van der Waals surface area contributed by atoms with E-state index in [1.807, 2.05) is 12.1 Å². The van der Waals surface area contributed by atoms with Crippen LogP contribution in [0.5, 0.6) is 5.75 Å². The fourth-order valence-corrected chi connectivity index (χ4v) is 1.52. The molecular formula is C14H14N2O3. The number of hydrogen-bond acceptors (Lipinski definition) is 5. The summed E-state index contributed by atoms with van der Waals surface area (Å²) in [6.07, 6.45) is 5.52. The number of pyridine rings is 2. The first kappa shape index (κ1) is 13.0. The van der Waals surface area contributed by atoms with Gasteiger partial charge in [0.25, 0.3) is 0 Å². The minimum absolute atomic E-state index is 0.384. The van der Waals surface area contributed by atoms with Crippen LogP contribution in [-0.2, 0) is 11.2 Å². The van der Waals surface area contributed by atoms with Gasteiger partial charge >= 0.3 is 5.97 Å². The van der Waals surface area contributed by atoms with E-state index in [0.717, 1.165) is 11.4 Å². The van der Waals surface area contributed by atoms with Gasteiger partial charge in [0, 0.05) is 24.5 Å². The van der Waals surface area contributed by atoms with E-state index in [4.69, 9.17) is 4.74 Å². The third-order valence-corrected chi connectivity index (χ3v) is 2.51. The van der Waals surface area contributed by atoms with Crippen LogP contribution in [0.2, 0.25) is 0 Å². The Labute approximate surface area is 111 Å². The minimum Gasteiger partial charge on any atom is -0.492 e. The third kappa shape index (κ3) is 3.77. The molecule has 2 aromatic heterocycles. The van der Waals surface area contributed by atoms with Crippen molar-refractivity contribution in [1.29, 1.82) is 0 Å². The zero-order valence-electron chi connectivity index (χ0n) is 10.6. The average Bonchev–Trinajstić information content (AvgIpc) is 2.48. The monoisotopic (exact) mass is 258 g/mol. The molecule has 0 saturated heterocycles. The van der Waals surface area contributed by atoms with Crippen LogP contribution in [0, 0.1) is 0 Å². The average molecular weight is 258 g/mol. The summed E-state index contributed by atoms with van der Waals surface area (Å²) in [6, 6.07) is 7.15. The Balaban J connectivity index is 1.85. The number of rotatable bonds is 5. The molecule has 0 saturated carbocycles. The van der Waals surface area contributed by atoms with Crippen LogP contribution in [0.25, 0.3) is 0 Å². The van der Waals surface area contributed by atoms with Gasteiger partial charge in [-0.15, -0.1) is 0 Å². The highest BCUT2D eigenvalue weighted by atomic mass is 16.5. The summed E-state index contributed by atoms with van der Waals surface area (Å²) in [6.45, 7) is 0.510. The van der Waals surface area contributed by atoms with E-state index < -0.39 is 0 Å². The van der Waals surface area contributed by atoms with Crippen LogP contribution in [0.15, 0.2) is 42.9 Å². The van der Waals surface area contributed by atoms with Crippen molar-refractivity contribution < 1.29 is 14.3 Å². The molecule has 2 heterocycles. The Bertz CT molecular complexity index is 526. The largest absolute Gasteiger partial charge is 0.492 e. The molecule has 0 aromatic carbocycles. The molecular weight excluding hydrogens is 244 g/mol. The summed E-state index contributed by atoms with van der Waals surface area (Å²) in [5, 5.41) is 0. The molecule has 0 radical (unpaired) electrons. The molecule has 0 unspecified atom stereocenters. The second-order valence-electron chi connectivity index (χ2n) is 3.82. The van der Waals surface area contributed by atoms with E-state index in [2.05, 4.69) is 14.7 Å². The highest BCUT2D eigenvalue weighted by Crippen LogP contribution is 2.07. The molecule has 19 heavy (non-hydrogen) atoms. The molecule has 0 aliphatic rings. The van der Waals surface area contributed by atoms with Crippen molar-refractivity contribution in [2.45, 2.75) is 6.42 Å². The third-order valence-electron chi connectivity index (χ3n) is 2.51. The van der Waals surface area contributed by atoms with Gasteiger partial charge in [-0.25, -0.2) is 4.79 Å². The van der Waals surface area contributed by atoms with Gasteiger partial charge in [-0.2, -0.15) is 0 Å². The summed E-state index contributed by atoms with van der Waals surface area (Å²) >= 11 is 0. The van der Waals surface area contributed by atoms with E-state index >= 15 is 0 Å².